The molecule has 2 aliphatic heterocycles. The van der Waals surface area contributed by atoms with E-state index in [0.717, 1.165) is 11.8 Å². The number of anilines is 1. The summed E-state index contributed by atoms with van der Waals surface area (Å²) >= 11 is 1.11. The zero-order chi connectivity index (χ0) is 24.2. The molecule has 5 atom stereocenters. The molecule has 0 radical (unpaired) electrons. The second-order valence-corrected chi connectivity index (χ2v) is 9.85. The van der Waals surface area contributed by atoms with E-state index in [1.165, 1.54) is 23.8 Å². The molecule has 4 N–H and O–H groups in total. The van der Waals surface area contributed by atoms with Crippen LogP contribution in [-0.4, -0.2) is 56.7 Å². The summed E-state index contributed by atoms with van der Waals surface area (Å²) in [6.45, 7) is -0.354. The van der Waals surface area contributed by atoms with Crippen LogP contribution in [0.25, 0.3) is 11.2 Å². The number of halogens is 1. The Balaban J connectivity index is 0.00000289. The number of benzene rings is 1. The molecule has 0 spiro atoms. The van der Waals surface area contributed by atoms with Crippen LogP contribution in [0, 0.1) is 5.82 Å². The molecule has 1 aromatic carbocycles. The molecule has 2 aliphatic rings. The maximum atomic E-state index is 13.9. The number of thioether (sulfide) groups is 1. The van der Waals surface area contributed by atoms with Crippen molar-refractivity contribution in [3.05, 3.63) is 39.9 Å². The Labute approximate surface area is 196 Å². The Morgan fingerprint density at radius 2 is 2.26 bits per heavy atom. The number of nitrogens with zero attached hydrogens (tertiary/aromatic N) is 3. The minimum atomic E-state index is -4.60. The van der Waals surface area contributed by atoms with E-state index in [1.54, 1.807) is 6.07 Å². The summed E-state index contributed by atoms with van der Waals surface area (Å²) in [7, 11) is -3.18. The number of nitrogens with one attached hydrogen (secondary N) is 1. The number of rotatable bonds is 5. The fraction of sp³-hybridized carbons (Fsp3) is 0.389. The lowest BCUT2D eigenvalue weighted by Gasteiger charge is -2.34. The van der Waals surface area contributed by atoms with Crippen LogP contribution >= 0.6 is 19.6 Å². The molecule has 0 bridgehead atoms. The van der Waals surface area contributed by atoms with Gasteiger partial charge < -0.3 is 34.3 Å². The highest BCUT2D eigenvalue weighted by molar-refractivity contribution is 7.98. The van der Waals surface area contributed by atoms with Gasteiger partial charge in [-0.3, -0.25) is 18.9 Å². The maximum absolute atomic E-state index is 13.9. The average Bonchev–Trinajstić information content (AvgIpc) is 3.28. The van der Waals surface area contributed by atoms with Gasteiger partial charge in [-0.25, -0.2) is 9.37 Å². The first-order valence-electron chi connectivity index (χ1n) is 9.86. The third-order valence-corrected chi connectivity index (χ3v) is 7.27. The van der Waals surface area contributed by atoms with Gasteiger partial charge in [0.1, 0.15) is 29.9 Å². The number of methoxy groups -OCH3 is 1. The molecular formula is C18H19FN5O8PS. The second-order valence-electron chi connectivity index (χ2n) is 7.54. The van der Waals surface area contributed by atoms with Crippen LogP contribution in [0.3, 0.4) is 0 Å². The Hall–Kier alpha value is -2.52. The standard InChI is InChI=1S/C18H19FN5O8PS/c1-29-9-3-7(2-8(19)4-9)6-34-18-21-11-14(22-17(20)23-15(11)26)24(18)16-12(25)13-10(31-16)5-30-33(27,28)32-13/h2-4,10,12-13,16,25H,5-6H2,1H3,(H,27,28)(H3,20,22,23,26)/t10?,12?,13-,16-/m1/s1. The number of imidazole rings is 1. The number of aliphatic hydroxyl groups is 1. The number of hydrogen-bond acceptors (Lipinski definition) is 12. The monoisotopic (exact) mass is 515 g/mol. The summed E-state index contributed by atoms with van der Waals surface area (Å²) in [6, 6.07) is 4.19. The van der Waals surface area contributed by atoms with Gasteiger partial charge in [0.25, 0.3) is 13.4 Å². The molecule has 2 saturated heterocycles. The van der Waals surface area contributed by atoms with Crippen molar-refractivity contribution in [2.24, 2.45) is 0 Å². The van der Waals surface area contributed by atoms with Crippen molar-refractivity contribution in [1.29, 1.82) is 0 Å². The van der Waals surface area contributed by atoms with E-state index in [0.29, 0.717) is 11.3 Å². The highest BCUT2D eigenvalue weighted by Crippen LogP contribution is 2.50. The van der Waals surface area contributed by atoms with Gasteiger partial charge in [0, 0.05) is 11.8 Å². The van der Waals surface area contributed by atoms with Crippen LogP contribution < -0.4 is 20.9 Å². The van der Waals surface area contributed by atoms with Gasteiger partial charge in [-0.15, -0.1) is 0 Å². The first-order chi connectivity index (χ1) is 16.1. The lowest BCUT2D eigenvalue weighted by atomic mass is 10.1. The fourth-order valence-corrected chi connectivity index (χ4v) is 5.72. The van der Waals surface area contributed by atoms with Gasteiger partial charge in [-0.1, -0.05) is 11.8 Å². The number of nitrogen functional groups attached to an aromatic ring is 1. The van der Waals surface area contributed by atoms with Crippen LogP contribution in [0.15, 0.2) is 28.2 Å². The second kappa shape index (κ2) is 8.61. The maximum Gasteiger partial charge on any atom is 1.00 e. The molecule has 16 heteroatoms. The molecule has 3 aromatic rings. The first kappa shape index (κ1) is 23.2. The van der Waals surface area contributed by atoms with E-state index in [-0.39, 0.29) is 36.1 Å². The summed E-state index contributed by atoms with van der Waals surface area (Å²) in [5.41, 5.74) is 5.58. The normalized spacial score (nSPS) is 28.8. The van der Waals surface area contributed by atoms with Crippen LogP contribution in [0.2, 0.25) is 0 Å². The quantitative estimate of drug-likeness (QED) is 0.314. The van der Waals surface area contributed by atoms with Gasteiger partial charge >= 0.3 is 1.43 Å². The summed E-state index contributed by atoms with van der Waals surface area (Å²) in [6.07, 6.45) is -4.83. The minimum absolute atomic E-state index is 0. The van der Waals surface area contributed by atoms with Crippen LogP contribution in [-0.2, 0) is 24.1 Å². The van der Waals surface area contributed by atoms with Crippen LogP contribution in [0.5, 0.6) is 5.75 Å². The molecule has 5 rings (SSSR count). The zero-order valence-corrected chi connectivity index (χ0v) is 19.1. The largest absolute Gasteiger partial charge is 1.00 e. The van der Waals surface area contributed by atoms with Crippen molar-refractivity contribution >= 4 is 36.7 Å². The molecule has 182 valence electrons. The van der Waals surface area contributed by atoms with Crippen molar-refractivity contribution in [2.75, 3.05) is 19.5 Å². The molecule has 2 aromatic heterocycles. The van der Waals surface area contributed by atoms with Crippen molar-refractivity contribution in [2.45, 2.75) is 35.4 Å². The minimum Gasteiger partial charge on any atom is -0.756 e. The fourth-order valence-electron chi connectivity index (χ4n) is 3.82. The van der Waals surface area contributed by atoms with Gasteiger partial charge in [0.15, 0.2) is 22.5 Å². The molecule has 0 aliphatic carbocycles. The van der Waals surface area contributed by atoms with Crippen molar-refractivity contribution in [3.8, 4) is 5.75 Å². The molecule has 13 nitrogen and oxygen atoms in total. The summed E-state index contributed by atoms with van der Waals surface area (Å²) in [4.78, 5) is 35.0. The number of fused-ring (bicyclic) bond motifs is 2. The van der Waals surface area contributed by atoms with E-state index < -0.39 is 43.7 Å². The van der Waals surface area contributed by atoms with Crippen molar-refractivity contribution in [1.82, 2.24) is 19.5 Å². The first-order valence-corrected chi connectivity index (χ1v) is 12.3. The van der Waals surface area contributed by atoms with E-state index in [4.69, 9.17) is 19.7 Å². The SMILES string of the molecule is COc1cc(F)cc(CSc2nc3c(=O)[nH]c(N)nc3n2[C@@H]2OC3COP(=O)([O-])O[C@H]3C2O)c1.[H+]. The molecule has 4 heterocycles. The van der Waals surface area contributed by atoms with E-state index in [9.17, 15) is 23.7 Å². The Morgan fingerprint density at radius 1 is 1.47 bits per heavy atom. The molecule has 0 saturated carbocycles. The number of nitrogens with two attached hydrogens (primary N) is 1. The molecule has 2 fully saturated rings. The third-order valence-electron chi connectivity index (χ3n) is 5.28. The number of hydrogen-bond donors (Lipinski definition) is 3. The van der Waals surface area contributed by atoms with Crippen LogP contribution in [0.4, 0.5) is 10.3 Å². The summed E-state index contributed by atoms with van der Waals surface area (Å²) in [5.74, 6) is -0.158. The smallest absolute Gasteiger partial charge is 0.756 e. The number of phosphoric ester groups is 1. The van der Waals surface area contributed by atoms with Crippen LogP contribution in [0.1, 0.15) is 13.2 Å². The molecular weight excluding hydrogens is 496 g/mol. The number of phosphoric acid groups is 1. The highest BCUT2D eigenvalue weighted by atomic mass is 32.2. The van der Waals surface area contributed by atoms with Gasteiger partial charge in [-0.05, 0) is 17.7 Å². The summed E-state index contributed by atoms with van der Waals surface area (Å²) in [5, 5.41) is 11.1. The van der Waals surface area contributed by atoms with Gasteiger partial charge in [0.2, 0.25) is 5.95 Å². The summed E-state index contributed by atoms with van der Waals surface area (Å²) < 4.78 is 47.4. The number of H-pyrrole nitrogens is 1. The Kier molecular flexibility index (Phi) is 5.88. The lowest BCUT2D eigenvalue weighted by molar-refractivity contribution is -0.245. The topological polar surface area (TPSA) is 187 Å². The number of aliphatic hydroxyl groups excluding tert-OH is 1. The van der Waals surface area contributed by atoms with Gasteiger partial charge in [0.05, 0.1) is 13.7 Å². The van der Waals surface area contributed by atoms with Crippen molar-refractivity contribution in [3.63, 3.8) is 0 Å². The highest BCUT2D eigenvalue weighted by Gasteiger charge is 2.51. The van der Waals surface area contributed by atoms with E-state index in [1.807, 2.05) is 0 Å². The van der Waals surface area contributed by atoms with Crippen molar-refractivity contribution < 1.29 is 38.9 Å². The number of aromatic amines is 1. The Morgan fingerprint density at radius 3 is 3.03 bits per heavy atom. The van der Waals surface area contributed by atoms with Gasteiger partial charge in [-0.2, -0.15) is 4.98 Å². The number of aromatic nitrogens is 4. The molecule has 34 heavy (non-hydrogen) atoms. The zero-order valence-electron chi connectivity index (χ0n) is 18.4. The third kappa shape index (κ3) is 4.20. The molecule has 3 unspecified atom stereocenters. The predicted molar refractivity (Wildman–Crippen MR) is 115 cm³/mol. The number of ether oxygens (including phenoxy) is 2. The Bertz CT molecular complexity index is 1370. The van der Waals surface area contributed by atoms with E-state index in [2.05, 4.69) is 19.5 Å². The predicted octanol–water partition coefficient (Wildman–Crippen LogP) is 0.396. The average molecular weight is 515 g/mol. The molecule has 0 amide bonds. The van der Waals surface area contributed by atoms with E-state index >= 15 is 0 Å². The lowest BCUT2D eigenvalue weighted by Crippen LogP contribution is -2.41.